The van der Waals surface area contributed by atoms with Crippen molar-refractivity contribution in [1.82, 2.24) is 14.7 Å². The Kier molecular flexibility index (Phi) is 5.39. The maximum absolute atomic E-state index is 6.12. The number of benzene rings is 1. The van der Waals surface area contributed by atoms with Gasteiger partial charge in [0.15, 0.2) is 0 Å². The molecule has 1 aromatic carbocycles. The Morgan fingerprint density at radius 2 is 1.71 bits per heavy atom. The van der Waals surface area contributed by atoms with E-state index in [-0.39, 0.29) is 0 Å². The zero-order valence-electron chi connectivity index (χ0n) is 13.3. The van der Waals surface area contributed by atoms with E-state index in [9.17, 15) is 0 Å². The van der Waals surface area contributed by atoms with Crippen molar-refractivity contribution >= 4 is 5.82 Å². The van der Waals surface area contributed by atoms with Gasteiger partial charge in [-0.15, -0.1) is 0 Å². The van der Waals surface area contributed by atoms with Crippen molar-refractivity contribution in [3.05, 3.63) is 41.6 Å². The fourth-order valence-electron chi connectivity index (χ4n) is 2.55. The molecule has 1 heterocycles. The van der Waals surface area contributed by atoms with E-state index >= 15 is 0 Å². The molecule has 0 spiro atoms. The van der Waals surface area contributed by atoms with Crippen LogP contribution in [0, 0.1) is 6.92 Å². The van der Waals surface area contributed by atoms with Crippen LogP contribution in [0.25, 0.3) is 5.69 Å². The molecule has 0 aliphatic carbocycles. The molecule has 0 saturated heterocycles. The molecule has 0 radical (unpaired) electrons. The molecule has 0 atom stereocenters. The van der Waals surface area contributed by atoms with Gasteiger partial charge in [0.25, 0.3) is 0 Å². The maximum Gasteiger partial charge on any atom is 0.127 e. The quantitative estimate of drug-likeness (QED) is 0.848. The van der Waals surface area contributed by atoms with Crippen LogP contribution in [0.4, 0.5) is 5.82 Å². The minimum atomic E-state index is 0.696. The highest BCUT2D eigenvalue weighted by molar-refractivity contribution is 5.43. The lowest BCUT2D eigenvalue weighted by atomic mass is 10.2. The zero-order valence-corrected chi connectivity index (χ0v) is 13.3. The number of nitrogens with zero attached hydrogens (tertiary/aromatic N) is 3. The molecule has 0 bridgehead atoms. The van der Waals surface area contributed by atoms with Crippen molar-refractivity contribution in [2.75, 3.05) is 18.8 Å². The van der Waals surface area contributed by atoms with Gasteiger partial charge in [0, 0.05) is 12.6 Å². The number of anilines is 1. The average molecular weight is 286 g/mol. The minimum absolute atomic E-state index is 0.696. The summed E-state index contributed by atoms with van der Waals surface area (Å²) in [5.41, 5.74) is 9.41. The van der Waals surface area contributed by atoms with Gasteiger partial charge in [0.2, 0.25) is 0 Å². The molecule has 4 nitrogen and oxygen atoms in total. The monoisotopic (exact) mass is 286 g/mol. The van der Waals surface area contributed by atoms with Gasteiger partial charge in [0.05, 0.1) is 11.4 Å². The third-order valence-corrected chi connectivity index (χ3v) is 3.53. The highest BCUT2D eigenvalue weighted by Gasteiger charge is 2.10. The first-order chi connectivity index (χ1) is 10.1. The molecule has 0 fully saturated rings. The van der Waals surface area contributed by atoms with Crippen molar-refractivity contribution in [1.29, 1.82) is 0 Å². The third-order valence-electron chi connectivity index (χ3n) is 3.53. The zero-order chi connectivity index (χ0) is 15.2. The maximum atomic E-state index is 6.12. The van der Waals surface area contributed by atoms with Crippen LogP contribution in [-0.4, -0.2) is 27.8 Å². The Morgan fingerprint density at radius 3 is 2.29 bits per heavy atom. The van der Waals surface area contributed by atoms with E-state index in [0.29, 0.717) is 5.82 Å². The number of aryl methyl sites for hydroxylation is 1. The summed E-state index contributed by atoms with van der Waals surface area (Å²) in [7, 11) is 0. The molecule has 114 valence electrons. The van der Waals surface area contributed by atoms with Gasteiger partial charge in [-0.2, -0.15) is 5.10 Å². The van der Waals surface area contributed by atoms with E-state index in [2.05, 4.69) is 55.0 Å². The summed E-state index contributed by atoms with van der Waals surface area (Å²) in [5.74, 6) is 0.696. The van der Waals surface area contributed by atoms with Crippen LogP contribution >= 0.6 is 0 Å². The molecule has 0 aliphatic heterocycles. The fourth-order valence-corrected chi connectivity index (χ4v) is 2.55. The molecule has 4 heteroatoms. The number of hydrogen-bond donors (Lipinski definition) is 1. The second-order valence-corrected chi connectivity index (χ2v) is 5.58. The second-order valence-electron chi connectivity index (χ2n) is 5.58. The Hall–Kier alpha value is -1.81. The van der Waals surface area contributed by atoms with Crippen LogP contribution in [0.2, 0.25) is 0 Å². The van der Waals surface area contributed by atoms with Crippen LogP contribution in [0.15, 0.2) is 30.3 Å². The van der Waals surface area contributed by atoms with Crippen molar-refractivity contribution in [3.8, 4) is 5.69 Å². The van der Waals surface area contributed by atoms with Crippen molar-refractivity contribution in [3.63, 3.8) is 0 Å². The van der Waals surface area contributed by atoms with Crippen LogP contribution < -0.4 is 5.73 Å². The van der Waals surface area contributed by atoms with Gasteiger partial charge in [-0.05, 0) is 45.0 Å². The lowest BCUT2D eigenvalue weighted by Crippen LogP contribution is -2.25. The number of aromatic nitrogens is 2. The lowest BCUT2D eigenvalue weighted by Gasteiger charge is -2.19. The summed E-state index contributed by atoms with van der Waals surface area (Å²) in [6.07, 6.45) is 2.32. The Bertz CT molecular complexity index is 551. The van der Waals surface area contributed by atoms with Gasteiger partial charge >= 0.3 is 0 Å². The van der Waals surface area contributed by atoms with Crippen LogP contribution in [0.1, 0.15) is 37.9 Å². The normalized spacial score (nSPS) is 11.2. The summed E-state index contributed by atoms with van der Waals surface area (Å²) in [5, 5.41) is 4.66. The van der Waals surface area contributed by atoms with E-state index in [1.807, 2.05) is 10.7 Å². The summed E-state index contributed by atoms with van der Waals surface area (Å²) in [6, 6.07) is 10.3. The highest BCUT2D eigenvalue weighted by Crippen LogP contribution is 2.16. The first-order valence-corrected chi connectivity index (χ1v) is 7.77. The minimum Gasteiger partial charge on any atom is -0.384 e. The molecular formula is C17H26N4. The van der Waals surface area contributed by atoms with Crippen molar-refractivity contribution in [2.24, 2.45) is 0 Å². The van der Waals surface area contributed by atoms with E-state index < -0.39 is 0 Å². The highest BCUT2D eigenvalue weighted by atomic mass is 15.3. The molecule has 0 saturated carbocycles. The van der Waals surface area contributed by atoms with Gasteiger partial charge in [-0.1, -0.05) is 31.5 Å². The summed E-state index contributed by atoms with van der Waals surface area (Å²) < 4.78 is 1.82. The molecule has 1 aromatic heterocycles. The van der Waals surface area contributed by atoms with Gasteiger partial charge in [-0.25, -0.2) is 4.68 Å². The first kappa shape index (κ1) is 15.6. The molecule has 0 amide bonds. The average Bonchev–Trinajstić information content (AvgIpc) is 2.81. The molecule has 2 rings (SSSR count). The predicted octanol–water partition coefficient (Wildman–Crippen LogP) is 3.38. The number of hydrogen-bond acceptors (Lipinski definition) is 3. The lowest BCUT2D eigenvalue weighted by molar-refractivity contribution is 0.263. The van der Waals surface area contributed by atoms with Crippen molar-refractivity contribution < 1.29 is 0 Å². The van der Waals surface area contributed by atoms with E-state index in [1.54, 1.807) is 0 Å². The largest absolute Gasteiger partial charge is 0.384 e. The smallest absolute Gasteiger partial charge is 0.127 e. The van der Waals surface area contributed by atoms with E-state index in [0.717, 1.165) is 43.9 Å². The van der Waals surface area contributed by atoms with Gasteiger partial charge < -0.3 is 5.73 Å². The molecular weight excluding hydrogens is 260 g/mol. The molecule has 0 aliphatic rings. The van der Waals surface area contributed by atoms with Gasteiger partial charge in [0.1, 0.15) is 5.82 Å². The summed E-state index contributed by atoms with van der Waals surface area (Å²) in [6.45, 7) is 9.57. The predicted molar refractivity (Wildman–Crippen MR) is 88.6 cm³/mol. The Labute approximate surface area is 127 Å². The molecule has 0 unspecified atom stereocenters. The first-order valence-electron chi connectivity index (χ1n) is 7.77. The molecule has 2 aromatic rings. The van der Waals surface area contributed by atoms with E-state index in [1.165, 1.54) is 5.56 Å². The van der Waals surface area contributed by atoms with Crippen LogP contribution in [-0.2, 0) is 6.54 Å². The third kappa shape index (κ3) is 4.08. The summed E-state index contributed by atoms with van der Waals surface area (Å²) in [4.78, 5) is 2.43. The second kappa shape index (κ2) is 7.27. The Balaban J connectivity index is 2.16. The van der Waals surface area contributed by atoms with Crippen LogP contribution in [0.5, 0.6) is 0 Å². The standard InChI is InChI=1S/C17H26N4/c1-4-10-20(11-5-2)13-15-12-17(18)21(19-15)16-8-6-14(3)7-9-16/h6-9,12H,4-5,10-11,13,18H2,1-3H3. The molecule has 2 N–H and O–H groups in total. The summed E-state index contributed by atoms with van der Waals surface area (Å²) >= 11 is 0. The SMILES string of the molecule is CCCN(CCC)Cc1cc(N)n(-c2ccc(C)cc2)n1. The number of nitrogen functional groups attached to an aromatic ring is 1. The number of nitrogens with two attached hydrogens (primary N) is 1. The fraction of sp³-hybridized carbons (Fsp3) is 0.471. The Morgan fingerprint density at radius 1 is 1.10 bits per heavy atom. The topological polar surface area (TPSA) is 47.1 Å². The van der Waals surface area contributed by atoms with Crippen molar-refractivity contribution in [2.45, 2.75) is 40.2 Å². The molecule has 21 heavy (non-hydrogen) atoms. The van der Waals surface area contributed by atoms with Gasteiger partial charge in [-0.3, -0.25) is 4.90 Å². The van der Waals surface area contributed by atoms with E-state index in [4.69, 9.17) is 5.73 Å². The number of rotatable bonds is 7. The van der Waals surface area contributed by atoms with Crippen LogP contribution in [0.3, 0.4) is 0 Å².